The Labute approximate surface area is 206 Å². The molecule has 0 spiro atoms. The van der Waals surface area contributed by atoms with Crippen LogP contribution in [0.1, 0.15) is 52.2 Å². The van der Waals surface area contributed by atoms with Gasteiger partial charge in [0.15, 0.2) is 0 Å². The number of anilines is 1. The minimum atomic E-state index is -0.298. The molecule has 2 saturated heterocycles. The number of carbonyl (C=O) groups is 2. The first-order valence-electron chi connectivity index (χ1n) is 12.4. The molecule has 1 aromatic heterocycles. The third-order valence-corrected chi connectivity index (χ3v) is 6.94. The molecule has 2 aromatic carbocycles. The average Bonchev–Trinajstić information content (AvgIpc) is 3.57. The van der Waals surface area contributed by atoms with Crippen LogP contribution in [-0.2, 0) is 0 Å². The van der Waals surface area contributed by atoms with Crippen molar-refractivity contribution in [3.05, 3.63) is 77.7 Å². The molecule has 7 nitrogen and oxygen atoms in total. The summed E-state index contributed by atoms with van der Waals surface area (Å²) < 4.78 is 0. The maximum Gasteiger partial charge on any atom is 0.276 e. The van der Waals surface area contributed by atoms with Crippen molar-refractivity contribution in [2.24, 2.45) is 0 Å². The van der Waals surface area contributed by atoms with E-state index in [4.69, 9.17) is 0 Å². The van der Waals surface area contributed by atoms with Gasteiger partial charge in [0.1, 0.15) is 5.69 Å². The first-order valence-corrected chi connectivity index (χ1v) is 12.4. The first-order chi connectivity index (χ1) is 17.1. The fraction of sp³-hybridized carbons (Fsp3) is 0.357. The Morgan fingerprint density at radius 2 is 1.71 bits per heavy atom. The molecule has 0 aliphatic carbocycles. The smallest absolute Gasteiger partial charge is 0.276 e. The molecule has 1 N–H and O–H groups in total. The first kappa shape index (κ1) is 23.2. The topological polar surface area (TPSA) is 78.4 Å². The summed E-state index contributed by atoms with van der Waals surface area (Å²) in [5, 5.41) is 2.87. The molecule has 0 unspecified atom stereocenters. The molecule has 1 atom stereocenters. The highest BCUT2D eigenvalue weighted by atomic mass is 16.2. The van der Waals surface area contributed by atoms with E-state index in [9.17, 15) is 9.59 Å². The number of nitrogens with one attached hydrogen (secondary N) is 1. The van der Waals surface area contributed by atoms with Gasteiger partial charge in [0.25, 0.3) is 11.8 Å². The number of carbonyl (C=O) groups excluding carboxylic acids is 2. The summed E-state index contributed by atoms with van der Waals surface area (Å²) in [5.74, 6) is -0.205. The van der Waals surface area contributed by atoms with E-state index >= 15 is 0 Å². The highest BCUT2D eigenvalue weighted by molar-refractivity contribution is 6.03. The lowest BCUT2D eigenvalue weighted by Gasteiger charge is -2.28. The van der Waals surface area contributed by atoms with Gasteiger partial charge in [-0.25, -0.2) is 4.98 Å². The molecule has 2 aliphatic rings. The number of nitrogens with zero attached hydrogens (tertiary/aromatic N) is 4. The summed E-state index contributed by atoms with van der Waals surface area (Å²) in [7, 11) is 0. The number of para-hydroxylation sites is 1. The third kappa shape index (κ3) is 5.25. The predicted octanol–water partition coefficient (Wildman–Crippen LogP) is 4.40. The Hall–Kier alpha value is -3.58. The Morgan fingerprint density at radius 1 is 0.971 bits per heavy atom. The Morgan fingerprint density at radius 3 is 2.46 bits per heavy atom. The number of rotatable bonds is 6. The number of aromatic nitrogens is 2. The van der Waals surface area contributed by atoms with Crippen molar-refractivity contribution in [2.75, 3.05) is 31.5 Å². The number of benzene rings is 2. The van der Waals surface area contributed by atoms with Gasteiger partial charge < -0.3 is 15.1 Å². The Kier molecular flexibility index (Phi) is 6.86. The molecule has 180 valence electrons. The van der Waals surface area contributed by atoms with Gasteiger partial charge in [0, 0.05) is 35.9 Å². The second-order valence-electron chi connectivity index (χ2n) is 9.39. The largest absolute Gasteiger partial charge is 0.334 e. The van der Waals surface area contributed by atoms with Crippen LogP contribution in [0.4, 0.5) is 5.69 Å². The third-order valence-electron chi connectivity index (χ3n) is 6.94. The minimum Gasteiger partial charge on any atom is -0.334 e. The Balaban J connectivity index is 1.30. The van der Waals surface area contributed by atoms with Crippen LogP contribution in [0.5, 0.6) is 0 Å². The van der Waals surface area contributed by atoms with Crippen LogP contribution in [-0.4, -0.2) is 63.8 Å². The van der Waals surface area contributed by atoms with Crippen LogP contribution in [0.2, 0.25) is 0 Å². The van der Waals surface area contributed by atoms with Crippen LogP contribution < -0.4 is 5.32 Å². The van der Waals surface area contributed by atoms with E-state index in [0.29, 0.717) is 28.7 Å². The number of hydrogen-bond acceptors (Lipinski definition) is 5. The van der Waals surface area contributed by atoms with Gasteiger partial charge in [-0.15, -0.1) is 0 Å². The van der Waals surface area contributed by atoms with Gasteiger partial charge in [-0.2, -0.15) is 0 Å². The van der Waals surface area contributed by atoms with E-state index in [2.05, 4.69) is 20.2 Å². The standard InChI is InChI=1S/C28H31N5O2/c1-20-26(27(34)30-23-8-3-2-4-9-23)31-25(18-29-20)21-11-13-22(14-12-21)28(35)33-17-7-10-24(33)19-32-15-5-6-16-32/h2-4,8-9,11-14,18,24H,5-7,10,15-17,19H2,1H3,(H,30,34)/t24-/m1/s1. The molecule has 0 saturated carbocycles. The Bertz CT molecular complexity index is 1190. The van der Waals surface area contributed by atoms with E-state index in [0.717, 1.165) is 44.6 Å². The summed E-state index contributed by atoms with van der Waals surface area (Å²) in [5.41, 5.74) is 3.65. The minimum absolute atomic E-state index is 0.0937. The number of hydrogen-bond donors (Lipinski definition) is 1. The van der Waals surface area contributed by atoms with Gasteiger partial charge in [0.2, 0.25) is 0 Å². The fourth-order valence-electron chi connectivity index (χ4n) is 5.02. The van der Waals surface area contributed by atoms with Gasteiger partial charge in [0.05, 0.1) is 17.6 Å². The summed E-state index contributed by atoms with van der Waals surface area (Å²) in [6.45, 7) is 5.87. The van der Waals surface area contributed by atoms with Crippen molar-refractivity contribution in [2.45, 2.75) is 38.6 Å². The molecule has 2 fully saturated rings. The lowest BCUT2D eigenvalue weighted by molar-refractivity contribution is 0.0708. The van der Waals surface area contributed by atoms with Crippen LogP contribution >= 0.6 is 0 Å². The molecule has 35 heavy (non-hydrogen) atoms. The van der Waals surface area contributed by atoms with Gasteiger partial charge >= 0.3 is 0 Å². The fourth-order valence-corrected chi connectivity index (χ4v) is 5.02. The predicted molar refractivity (Wildman–Crippen MR) is 136 cm³/mol. The normalized spacial score (nSPS) is 18.1. The molecule has 2 aliphatic heterocycles. The van der Waals surface area contributed by atoms with Crippen molar-refractivity contribution >= 4 is 17.5 Å². The maximum atomic E-state index is 13.3. The summed E-state index contributed by atoms with van der Waals surface area (Å²) in [4.78, 5) is 39.6. The lowest BCUT2D eigenvalue weighted by Crippen LogP contribution is -2.42. The quantitative estimate of drug-likeness (QED) is 0.579. The van der Waals surface area contributed by atoms with Crippen molar-refractivity contribution in [1.29, 1.82) is 0 Å². The van der Waals surface area contributed by atoms with E-state index in [1.165, 1.54) is 12.8 Å². The van der Waals surface area contributed by atoms with Crippen molar-refractivity contribution in [3.63, 3.8) is 0 Å². The van der Waals surface area contributed by atoms with Gasteiger partial charge in [-0.1, -0.05) is 30.3 Å². The molecule has 0 radical (unpaired) electrons. The van der Waals surface area contributed by atoms with E-state index in [1.54, 1.807) is 13.1 Å². The van der Waals surface area contributed by atoms with Crippen LogP contribution in [0.3, 0.4) is 0 Å². The van der Waals surface area contributed by atoms with Gasteiger partial charge in [-0.3, -0.25) is 14.6 Å². The van der Waals surface area contributed by atoms with Crippen molar-refractivity contribution in [1.82, 2.24) is 19.8 Å². The molecule has 2 amide bonds. The highest BCUT2D eigenvalue weighted by Gasteiger charge is 2.31. The zero-order chi connectivity index (χ0) is 24.2. The van der Waals surface area contributed by atoms with E-state index in [1.807, 2.05) is 59.5 Å². The second-order valence-corrected chi connectivity index (χ2v) is 9.39. The van der Waals surface area contributed by atoms with Crippen molar-refractivity contribution < 1.29 is 9.59 Å². The SMILES string of the molecule is Cc1ncc(-c2ccc(C(=O)N3CCC[C@@H]3CN3CCCC3)cc2)nc1C(=O)Nc1ccccc1. The molecular formula is C28H31N5O2. The summed E-state index contributed by atoms with van der Waals surface area (Å²) >= 11 is 0. The van der Waals surface area contributed by atoms with E-state index in [-0.39, 0.29) is 17.5 Å². The molecule has 5 rings (SSSR count). The lowest BCUT2D eigenvalue weighted by atomic mass is 10.1. The van der Waals surface area contributed by atoms with Crippen LogP contribution in [0, 0.1) is 6.92 Å². The second kappa shape index (κ2) is 10.4. The maximum absolute atomic E-state index is 13.3. The molecule has 0 bridgehead atoms. The monoisotopic (exact) mass is 469 g/mol. The molecular weight excluding hydrogens is 438 g/mol. The zero-order valence-electron chi connectivity index (χ0n) is 20.1. The summed E-state index contributed by atoms with van der Waals surface area (Å²) in [6.07, 6.45) is 6.33. The molecule has 3 aromatic rings. The van der Waals surface area contributed by atoms with Crippen LogP contribution in [0.25, 0.3) is 11.3 Å². The van der Waals surface area contributed by atoms with Crippen LogP contribution in [0.15, 0.2) is 60.8 Å². The molecule has 3 heterocycles. The zero-order valence-corrected chi connectivity index (χ0v) is 20.1. The van der Waals surface area contributed by atoms with Crippen molar-refractivity contribution in [3.8, 4) is 11.3 Å². The summed E-state index contributed by atoms with van der Waals surface area (Å²) in [6, 6.07) is 17.1. The average molecular weight is 470 g/mol. The number of amides is 2. The number of likely N-dealkylation sites (tertiary alicyclic amines) is 2. The number of aryl methyl sites for hydroxylation is 1. The van der Waals surface area contributed by atoms with E-state index < -0.39 is 0 Å². The van der Waals surface area contributed by atoms with Gasteiger partial charge in [-0.05, 0) is 70.0 Å². The highest BCUT2D eigenvalue weighted by Crippen LogP contribution is 2.24. The molecule has 7 heteroatoms.